The summed E-state index contributed by atoms with van der Waals surface area (Å²) in [5, 5.41) is 11.3. The first-order valence-electron chi connectivity index (χ1n) is 5.81. The minimum absolute atomic E-state index is 0.00793. The van der Waals surface area contributed by atoms with Crippen LogP contribution in [0.1, 0.15) is 32.6 Å². The molecule has 1 rings (SSSR count). The van der Waals surface area contributed by atoms with Gasteiger partial charge in [-0.2, -0.15) is 0 Å². The molecule has 0 aromatic heterocycles. The first kappa shape index (κ1) is 13.5. The number of nitrogens with zero attached hydrogens (tertiary/aromatic N) is 1. The fourth-order valence-corrected chi connectivity index (χ4v) is 1.83. The molecule has 96 valence electrons. The molecule has 1 aliphatic rings. The first-order chi connectivity index (χ1) is 8.02. The van der Waals surface area contributed by atoms with Crippen molar-refractivity contribution in [2.45, 2.75) is 38.6 Å². The van der Waals surface area contributed by atoms with Crippen molar-refractivity contribution in [3.05, 3.63) is 0 Å². The van der Waals surface area contributed by atoms with Gasteiger partial charge < -0.3 is 15.3 Å². The number of carboxylic acid groups (broad SMARTS) is 1. The van der Waals surface area contributed by atoms with E-state index in [0.717, 1.165) is 6.42 Å². The predicted octanol–water partition coefficient (Wildman–Crippen LogP) is -0.0217. The highest BCUT2D eigenvalue weighted by atomic mass is 16.4. The van der Waals surface area contributed by atoms with Gasteiger partial charge in [0.05, 0.1) is 13.0 Å². The number of rotatable bonds is 6. The van der Waals surface area contributed by atoms with Gasteiger partial charge in [0, 0.05) is 19.0 Å². The Labute approximate surface area is 100.0 Å². The minimum atomic E-state index is -0.936. The minimum Gasteiger partial charge on any atom is -0.481 e. The quantitative estimate of drug-likeness (QED) is 0.685. The van der Waals surface area contributed by atoms with Crippen LogP contribution in [0.2, 0.25) is 0 Å². The van der Waals surface area contributed by atoms with Gasteiger partial charge in [-0.05, 0) is 12.8 Å². The molecular formula is C11H18N2O4. The van der Waals surface area contributed by atoms with Crippen molar-refractivity contribution in [2.24, 2.45) is 0 Å². The molecule has 1 unspecified atom stereocenters. The van der Waals surface area contributed by atoms with Crippen molar-refractivity contribution in [3.63, 3.8) is 0 Å². The highest BCUT2D eigenvalue weighted by Gasteiger charge is 2.23. The van der Waals surface area contributed by atoms with Crippen LogP contribution in [-0.2, 0) is 14.4 Å². The van der Waals surface area contributed by atoms with E-state index in [-0.39, 0.29) is 30.8 Å². The third-order valence-electron chi connectivity index (χ3n) is 2.78. The molecule has 1 atom stereocenters. The topological polar surface area (TPSA) is 86.7 Å². The number of hydrogen-bond donors (Lipinski definition) is 2. The number of aliphatic carboxylic acids is 1. The van der Waals surface area contributed by atoms with Crippen LogP contribution in [0.15, 0.2) is 0 Å². The molecule has 0 aromatic carbocycles. The second-order valence-corrected chi connectivity index (χ2v) is 4.19. The molecule has 1 aliphatic heterocycles. The Bertz CT molecular complexity index is 317. The maximum atomic E-state index is 11.6. The molecule has 1 saturated heterocycles. The van der Waals surface area contributed by atoms with Crippen LogP contribution in [0.5, 0.6) is 0 Å². The number of likely N-dealkylation sites (tertiary alicyclic amines) is 1. The summed E-state index contributed by atoms with van der Waals surface area (Å²) in [4.78, 5) is 34.9. The summed E-state index contributed by atoms with van der Waals surface area (Å²) in [5.41, 5.74) is 0. The number of nitrogens with one attached hydrogen (secondary N) is 1. The van der Waals surface area contributed by atoms with E-state index in [0.29, 0.717) is 19.4 Å². The SMILES string of the molecule is CCC(CC(=O)O)NC(=O)CN1CCCC1=O. The molecule has 0 saturated carbocycles. The lowest BCUT2D eigenvalue weighted by molar-refractivity contribution is -0.138. The van der Waals surface area contributed by atoms with Crippen molar-refractivity contribution in [1.29, 1.82) is 0 Å². The van der Waals surface area contributed by atoms with Crippen molar-refractivity contribution in [2.75, 3.05) is 13.1 Å². The summed E-state index contributed by atoms with van der Waals surface area (Å²) in [6.07, 6.45) is 1.76. The monoisotopic (exact) mass is 242 g/mol. The van der Waals surface area contributed by atoms with Crippen LogP contribution in [0.25, 0.3) is 0 Å². The Balaban J connectivity index is 2.36. The van der Waals surface area contributed by atoms with Crippen molar-refractivity contribution >= 4 is 17.8 Å². The van der Waals surface area contributed by atoms with Gasteiger partial charge in [0.2, 0.25) is 11.8 Å². The molecule has 0 spiro atoms. The van der Waals surface area contributed by atoms with Gasteiger partial charge in [-0.25, -0.2) is 0 Å². The standard InChI is InChI=1S/C11H18N2O4/c1-2-8(6-11(16)17)12-9(14)7-13-5-3-4-10(13)15/h8H,2-7H2,1H3,(H,12,14)(H,16,17). The van der Waals surface area contributed by atoms with Crippen LogP contribution >= 0.6 is 0 Å². The maximum Gasteiger partial charge on any atom is 0.305 e. The lowest BCUT2D eigenvalue weighted by Gasteiger charge is -2.19. The van der Waals surface area contributed by atoms with Crippen LogP contribution in [0.4, 0.5) is 0 Å². The van der Waals surface area contributed by atoms with Crippen LogP contribution in [-0.4, -0.2) is 46.9 Å². The summed E-state index contributed by atoms with van der Waals surface area (Å²) >= 11 is 0. The third kappa shape index (κ3) is 4.42. The molecule has 6 heteroatoms. The lowest BCUT2D eigenvalue weighted by Crippen LogP contribution is -2.43. The van der Waals surface area contributed by atoms with Gasteiger partial charge in [-0.1, -0.05) is 6.92 Å². The zero-order valence-corrected chi connectivity index (χ0v) is 9.94. The number of carboxylic acids is 1. The van der Waals surface area contributed by atoms with E-state index in [9.17, 15) is 14.4 Å². The zero-order chi connectivity index (χ0) is 12.8. The number of carbonyl (C=O) groups is 3. The smallest absolute Gasteiger partial charge is 0.305 e. The highest BCUT2D eigenvalue weighted by Crippen LogP contribution is 2.08. The second kappa shape index (κ2) is 6.22. The number of amides is 2. The van der Waals surface area contributed by atoms with E-state index < -0.39 is 5.97 Å². The van der Waals surface area contributed by atoms with Crippen molar-refractivity contribution < 1.29 is 19.5 Å². The first-order valence-corrected chi connectivity index (χ1v) is 5.81. The summed E-state index contributed by atoms with van der Waals surface area (Å²) in [6.45, 7) is 2.46. The molecular weight excluding hydrogens is 224 g/mol. The Morgan fingerprint density at radius 3 is 2.71 bits per heavy atom. The number of carbonyl (C=O) groups excluding carboxylic acids is 2. The van der Waals surface area contributed by atoms with Crippen LogP contribution in [0.3, 0.4) is 0 Å². The van der Waals surface area contributed by atoms with E-state index in [1.807, 2.05) is 6.92 Å². The zero-order valence-electron chi connectivity index (χ0n) is 9.94. The summed E-state index contributed by atoms with van der Waals surface area (Å²) in [7, 11) is 0. The fourth-order valence-electron chi connectivity index (χ4n) is 1.83. The third-order valence-corrected chi connectivity index (χ3v) is 2.78. The van der Waals surface area contributed by atoms with Crippen LogP contribution in [0, 0.1) is 0 Å². The summed E-state index contributed by atoms with van der Waals surface area (Å²) < 4.78 is 0. The maximum absolute atomic E-state index is 11.6. The van der Waals surface area contributed by atoms with Crippen molar-refractivity contribution in [1.82, 2.24) is 10.2 Å². The largest absolute Gasteiger partial charge is 0.481 e. The highest BCUT2D eigenvalue weighted by molar-refractivity contribution is 5.86. The van der Waals surface area contributed by atoms with E-state index in [1.54, 1.807) is 0 Å². The predicted molar refractivity (Wildman–Crippen MR) is 60.3 cm³/mol. The molecule has 0 aliphatic carbocycles. The van der Waals surface area contributed by atoms with E-state index >= 15 is 0 Å². The average molecular weight is 242 g/mol. The Morgan fingerprint density at radius 2 is 2.24 bits per heavy atom. The van der Waals surface area contributed by atoms with E-state index in [1.165, 1.54) is 4.90 Å². The molecule has 1 heterocycles. The number of hydrogen-bond acceptors (Lipinski definition) is 3. The molecule has 0 radical (unpaired) electrons. The summed E-state index contributed by atoms with van der Waals surface area (Å²) in [5.74, 6) is -1.23. The molecule has 0 aromatic rings. The molecule has 2 N–H and O–H groups in total. The van der Waals surface area contributed by atoms with Crippen molar-refractivity contribution in [3.8, 4) is 0 Å². The van der Waals surface area contributed by atoms with Crippen LogP contribution < -0.4 is 5.32 Å². The Morgan fingerprint density at radius 1 is 1.53 bits per heavy atom. The Hall–Kier alpha value is -1.59. The molecule has 0 bridgehead atoms. The van der Waals surface area contributed by atoms with Gasteiger partial charge in [0.15, 0.2) is 0 Å². The molecule has 17 heavy (non-hydrogen) atoms. The molecule has 2 amide bonds. The second-order valence-electron chi connectivity index (χ2n) is 4.19. The van der Waals surface area contributed by atoms with Gasteiger partial charge in [-0.3, -0.25) is 14.4 Å². The Kier molecular flexibility index (Phi) is 4.93. The fraction of sp³-hybridized carbons (Fsp3) is 0.727. The summed E-state index contributed by atoms with van der Waals surface area (Å²) in [6, 6.07) is -0.363. The van der Waals surface area contributed by atoms with E-state index in [4.69, 9.17) is 5.11 Å². The normalized spacial score (nSPS) is 17.0. The van der Waals surface area contributed by atoms with Gasteiger partial charge in [0.1, 0.15) is 0 Å². The average Bonchev–Trinajstić information content (AvgIpc) is 2.62. The lowest BCUT2D eigenvalue weighted by atomic mass is 10.1. The van der Waals surface area contributed by atoms with E-state index in [2.05, 4.69) is 5.32 Å². The molecule has 1 fully saturated rings. The van der Waals surface area contributed by atoms with Gasteiger partial charge in [-0.15, -0.1) is 0 Å². The van der Waals surface area contributed by atoms with Gasteiger partial charge in [0.25, 0.3) is 0 Å². The van der Waals surface area contributed by atoms with Gasteiger partial charge >= 0.3 is 5.97 Å². The molecule has 6 nitrogen and oxygen atoms in total.